The predicted octanol–water partition coefficient (Wildman–Crippen LogP) is 1.58. The highest BCUT2D eigenvalue weighted by atomic mass is 35.5. The van der Waals surface area contributed by atoms with E-state index in [0.717, 1.165) is 19.6 Å². The molecule has 0 amide bonds. The van der Waals surface area contributed by atoms with E-state index < -0.39 is 0 Å². The number of hydrogen-bond acceptors (Lipinski definition) is 1. The predicted molar refractivity (Wildman–Crippen MR) is 40.4 cm³/mol. The molecule has 0 rings (SSSR count). The molecule has 0 saturated heterocycles. The van der Waals surface area contributed by atoms with Crippen LogP contribution in [0.4, 0.5) is 0 Å². The summed E-state index contributed by atoms with van der Waals surface area (Å²) in [6, 6.07) is 0. The van der Waals surface area contributed by atoms with E-state index in [-0.39, 0.29) is 12.4 Å². The van der Waals surface area contributed by atoms with Crippen LogP contribution in [0.25, 0.3) is 0 Å². The molecule has 0 bridgehead atoms. The number of rotatable bonds is 3. The number of halogens is 1. The van der Waals surface area contributed by atoms with Crippen molar-refractivity contribution < 1.29 is 0 Å². The molecule has 2 heteroatoms. The van der Waals surface area contributed by atoms with Gasteiger partial charge in [0.1, 0.15) is 0 Å². The Kier molecular flexibility index (Phi) is 10.1. The fourth-order valence-electron chi connectivity index (χ4n) is 0.540. The second kappa shape index (κ2) is 7.25. The SMILES string of the molecule is Cl.[CH2]CN(CC)CC. The molecule has 8 heavy (non-hydrogen) atoms. The van der Waals surface area contributed by atoms with E-state index in [4.69, 9.17) is 0 Å². The van der Waals surface area contributed by atoms with Crippen LogP contribution in [-0.2, 0) is 0 Å². The molecule has 0 N–H and O–H groups in total. The van der Waals surface area contributed by atoms with E-state index in [1.54, 1.807) is 0 Å². The highest BCUT2D eigenvalue weighted by molar-refractivity contribution is 5.85. The Balaban J connectivity index is 0. The van der Waals surface area contributed by atoms with Gasteiger partial charge >= 0.3 is 0 Å². The van der Waals surface area contributed by atoms with Gasteiger partial charge in [0.05, 0.1) is 0 Å². The monoisotopic (exact) mass is 136 g/mol. The quantitative estimate of drug-likeness (QED) is 0.570. The Morgan fingerprint density at radius 1 is 1.25 bits per heavy atom. The van der Waals surface area contributed by atoms with Gasteiger partial charge in [0, 0.05) is 0 Å². The second-order valence-electron chi connectivity index (χ2n) is 1.53. The van der Waals surface area contributed by atoms with Crippen LogP contribution in [0.3, 0.4) is 0 Å². The number of nitrogens with zero attached hydrogens (tertiary/aromatic N) is 1. The fraction of sp³-hybridized carbons (Fsp3) is 0.833. The zero-order valence-corrected chi connectivity index (χ0v) is 6.50. The maximum absolute atomic E-state index is 3.75. The molecule has 0 aliphatic heterocycles. The van der Waals surface area contributed by atoms with Gasteiger partial charge < -0.3 is 4.90 Å². The van der Waals surface area contributed by atoms with E-state index in [2.05, 4.69) is 25.7 Å². The van der Waals surface area contributed by atoms with Crippen molar-refractivity contribution in [2.24, 2.45) is 0 Å². The Hall–Kier alpha value is 0.250. The summed E-state index contributed by atoms with van der Waals surface area (Å²) >= 11 is 0. The van der Waals surface area contributed by atoms with Crippen LogP contribution in [0.15, 0.2) is 0 Å². The second-order valence-corrected chi connectivity index (χ2v) is 1.53. The zero-order valence-electron chi connectivity index (χ0n) is 5.68. The molecule has 0 fully saturated rings. The van der Waals surface area contributed by atoms with Gasteiger partial charge in [0.2, 0.25) is 0 Å². The minimum Gasteiger partial charge on any atom is -0.304 e. The van der Waals surface area contributed by atoms with Gasteiger partial charge in [-0.15, -0.1) is 12.4 Å². The van der Waals surface area contributed by atoms with Gasteiger partial charge in [-0.3, -0.25) is 0 Å². The molecule has 0 aliphatic carbocycles. The van der Waals surface area contributed by atoms with Gasteiger partial charge in [0.15, 0.2) is 0 Å². The lowest BCUT2D eigenvalue weighted by Crippen LogP contribution is -2.21. The van der Waals surface area contributed by atoms with Gasteiger partial charge in [-0.05, 0) is 26.6 Å². The third kappa shape index (κ3) is 4.41. The molecule has 0 aromatic heterocycles. The van der Waals surface area contributed by atoms with Crippen LogP contribution in [0.2, 0.25) is 0 Å². The van der Waals surface area contributed by atoms with Crippen molar-refractivity contribution in [3.05, 3.63) is 6.92 Å². The lowest BCUT2D eigenvalue weighted by Gasteiger charge is -2.13. The van der Waals surface area contributed by atoms with Crippen LogP contribution in [0.1, 0.15) is 13.8 Å². The lowest BCUT2D eigenvalue weighted by molar-refractivity contribution is 0.336. The zero-order chi connectivity index (χ0) is 5.70. The maximum atomic E-state index is 3.75. The van der Waals surface area contributed by atoms with Crippen LogP contribution in [0.5, 0.6) is 0 Å². The molecule has 0 aromatic carbocycles. The van der Waals surface area contributed by atoms with E-state index in [9.17, 15) is 0 Å². The first kappa shape index (κ1) is 11.1. The van der Waals surface area contributed by atoms with Crippen LogP contribution < -0.4 is 0 Å². The van der Waals surface area contributed by atoms with E-state index >= 15 is 0 Å². The average Bonchev–Trinajstić information content (AvgIpc) is 1.72. The molecule has 0 aromatic rings. The minimum absolute atomic E-state index is 0. The van der Waals surface area contributed by atoms with Crippen LogP contribution in [-0.4, -0.2) is 24.5 Å². The molecule has 0 aliphatic rings. The molecule has 0 saturated carbocycles. The molecule has 0 unspecified atom stereocenters. The van der Waals surface area contributed by atoms with Crippen molar-refractivity contribution in [2.45, 2.75) is 13.8 Å². The van der Waals surface area contributed by atoms with Gasteiger partial charge in [0.25, 0.3) is 0 Å². The Bertz CT molecular complexity index is 30.0. The van der Waals surface area contributed by atoms with E-state index in [1.807, 2.05) is 0 Å². The van der Waals surface area contributed by atoms with Gasteiger partial charge in [-0.1, -0.05) is 13.8 Å². The summed E-state index contributed by atoms with van der Waals surface area (Å²) in [6.07, 6.45) is 0. The fourth-order valence-corrected chi connectivity index (χ4v) is 0.540. The summed E-state index contributed by atoms with van der Waals surface area (Å²) in [5.74, 6) is 0. The molecular formula is C6H15ClN. The summed E-state index contributed by atoms with van der Waals surface area (Å²) in [7, 11) is 0. The highest BCUT2D eigenvalue weighted by Gasteiger charge is 1.89. The van der Waals surface area contributed by atoms with Crippen molar-refractivity contribution in [3.8, 4) is 0 Å². The molecule has 0 atom stereocenters. The minimum atomic E-state index is 0. The lowest BCUT2D eigenvalue weighted by atomic mass is 10.5. The van der Waals surface area contributed by atoms with Gasteiger partial charge in [-0.25, -0.2) is 0 Å². The third-order valence-corrected chi connectivity index (χ3v) is 1.21. The van der Waals surface area contributed by atoms with Crippen molar-refractivity contribution in [1.29, 1.82) is 0 Å². The largest absolute Gasteiger partial charge is 0.304 e. The normalized spacial score (nSPS) is 9.00. The maximum Gasteiger partial charge on any atom is -0.00185 e. The smallest absolute Gasteiger partial charge is 0.00185 e. The van der Waals surface area contributed by atoms with Crippen molar-refractivity contribution in [3.63, 3.8) is 0 Å². The molecular weight excluding hydrogens is 122 g/mol. The van der Waals surface area contributed by atoms with Crippen molar-refractivity contribution in [2.75, 3.05) is 19.6 Å². The molecule has 0 spiro atoms. The summed E-state index contributed by atoms with van der Waals surface area (Å²) in [6.45, 7) is 11.2. The van der Waals surface area contributed by atoms with Crippen LogP contribution in [0, 0.1) is 6.92 Å². The Labute approximate surface area is 58.5 Å². The molecule has 0 heterocycles. The average molecular weight is 137 g/mol. The topological polar surface area (TPSA) is 3.24 Å². The summed E-state index contributed by atoms with van der Waals surface area (Å²) in [5.41, 5.74) is 0. The molecule has 51 valence electrons. The summed E-state index contributed by atoms with van der Waals surface area (Å²) in [4.78, 5) is 2.26. The first-order valence-electron chi connectivity index (χ1n) is 2.86. The first-order valence-corrected chi connectivity index (χ1v) is 2.86. The van der Waals surface area contributed by atoms with Crippen molar-refractivity contribution in [1.82, 2.24) is 4.90 Å². The Morgan fingerprint density at radius 3 is 1.62 bits per heavy atom. The molecule has 1 nitrogen and oxygen atoms in total. The standard InChI is InChI=1S/C6H14N.ClH/c1-4-7(5-2)6-3;/h1,4-6H2,2-3H3;1H. The van der Waals surface area contributed by atoms with E-state index in [1.165, 1.54) is 0 Å². The summed E-state index contributed by atoms with van der Waals surface area (Å²) in [5, 5.41) is 0. The third-order valence-electron chi connectivity index (χ3n) is 1.21. The van der Waals surface area contributed by atoms with Crippen LogP contribution >= 0.6 is 12.4 Å². The first-order chi connectivity index (χ1) is 3.35. The van der Waals surface area contributed by atoms with Crippen molar-refractivity contribution >= 4 is 12.4 Å². The summed E-state index contributed by atoms with van der Waals surface area (Å²) < 4.78 is 0. The Morgan fingerprint density at radius 2 is 1.62 bits per heavy atom. The van der Waals surface area contributed by atoms with E-state index in [0.29, 0.717) is 0 Å². The number of hydrogen-bond donors (Lipinski definition) is 0. The highest BCUT2D eigenvalue weighted by Crippen LogP contribution is 1.81. The molecule has 1 radical (unpaired) electrons. The van der Waals surface area contributed by atoms with Gasteiger partial charge in [-0.2, -0.15) is 0 Å².